The molecule has 0 aromatic heterocycles. The van der Waals surface area contributed by atoms with Gasteiger partial charge in [-0.3, -0.25) is 9.59 Å². The van der Waals surface area contributed by atoms with Gasteiger partial charge in [-0.25, -0.2) is 0 Å². The second-order valence-electron chi connectivity index (χ2n) is 20.1. The number of amides is 1. The third-order valence-corrected chi connectivity index (χ3v) is 13.5. The van der Waals surface area contributed by atoms with Gasteiger partial charge in [0, 0.05) is 6.42 Å². The van der Waals surface area contributed by atoms with Crippen LogP contribution < -0.4 is 5.32 Å². The maximum atomic E-state index is 13.3. The molecule has 0 radical (unpaired) electrons. The van der Waals surface area contributed by atoms with Gasteiger partial charge in [-0.2, -0.15) is 0 Å². The van der Waals surface area contributed by atoms with E-state index in [0.717, 1.165) is 64.2 Å². The first-order valence-corrected chi connectivity index (χ1v) is 29.2. The molecule has 3 N–H and O–H groups in total. The van der Waals surface area contributed by atoms with Crippen molar-refractivity contribution in [3.63, 3.8) is 0 Å². The highest BCUT2D eigenvalue weighted by molar-refractivity contribution is 5.77. The van der Waals surface area contributed by atoms with Gasteiger partial charge < -0.3 is 20.3 Å². The van der Waals surface area contributed by atoms with Gasteiger partial charge in [0.2, 0.25) is 5.91 Å². The lowest BCUT2D eigenvalue weighted by Gasteiger charge is -2.24. The predicted molar refractivity (Wildman–Crippen MR) is 287 cm³/mol. The van der Waals surface area contributed by atoms with E-state index in [2.05, 4.69) is 62.5 Å². The second kappa shape index (κ2) is 54.0. The van der Waals surface area contributed by atoms with Gasteiger partial charge in [-0.15, -0.1) is 0 Å². The number of carbonyl (C=O) groups excluding carboxylic acids is 2. The molecule has 0 aliphatic carbocycles. The van der Waals surface area contributed by atoms with E-state index in [9.17, 15) is 19.8 Å². The number of allylic oxidation sites excluding steroid dienone is 6. The van der Waals surface area contributed by atoms with Crippen LogP contribution in [-0.4, -0.2) is 46.9 Å². The van der Waals surface area contributed by atoms with E-state index in [-0.39, 0.29) is 24.9 Å². The standard InChI is InChI=1S/C60H113NO5/c1-4-7-10-13-16-19-22-25-27-28-29-30-32-35-38-41-44-47-50-53-60(65)66-56(51-48-45-42-39-36-34-31-26-23-20-17-14-11-8-5-2)54-59(64)61-57(55-62)58(63)52-49-46-43-40-37-33-24-21-18-15-12-9-6-3/h16,19,25,27,29-30,56-58,62-63H,4-15,17-18,20-24,26,28,31-55H2,1-3H3,(H,61,64)/b19-16-,27-25-,30-29-. The van der Waals surface area contributed by atoms with Gasteiger partial charge >= 0.3 is 5.97 Å². The van der Waals surface area contributed by atoms with Crippen molar-refractivity contribution < 1.29 is 24.5 Å². The molecule has 0 saturated heterocycles. The number of aliphatic hydroxyl groups is 2. The van der Waals surface area contributed by atoms with Crippen LogP contribution in [0.3, 0.4) is 0 Å². The Labute approximate surface area is 411 Å². The monoisotopic (exact) mass is 928 g/mol. The van der Waals surface area contributed by atoms with E-state index < -0.39 is 18.2 Å². The summed E-state index contributed by atoms with van der Waals surface area (Å²) in [4.78, 5) is 26.3. The maximum absolute atomic E-state index is 13.3. The molecule has 388 valence electrons. The van der Waals surface area contributed by atoms with Gasteiger partial charge in [-0.05, 0) is 64.2 Å². The van der Waals surface area contributed by atoms with Crippen molar-refractivity contribution in [1.29, 1.82) is 0 Å². The fourth-order valence-corrected chi connectivity index (χ4v) is 9.03. The van der Waals surface area contributed by atoms with Gasteiger partial charge in [0.1, 0.15) is 6.10 Å². The van der Waals surface area contributed by atoms with E-state index in [1.165, 1.54) is 199 Å². The Hall–Kier alpha value is -1.92. The van der Waals surface area contributed by atoms with Crippen molar-refractivity contribution in [3.8, 4) is 0 Å². The lowest BCUT2D eigenvalue weighted by atomic mass is 10.0. The molecule has 66 heavy (non-hydrogen) atoms. The first-order chi connectivity index (χ1) is 32.5. The Morgan fingerprint density at radius 3 is 1.20 bits per heavy atom. The molecule has 6 nitrogen and oxygen atoms in total. The minimum Gasteiger partial charge on any atom is -0.462 e. The molecule has 0 aliphatic rings. The summed E-state index contributed by atoms with van der Waals surface area (Å²) in [5.74, 6) is -0.471. The second-order valence-corrected chi connectivity index (χ2v) is 20.1. The van der Waals surface area contributed by atoms with E-state index in [1.54, 1.807) is 0 Å². The predicted octanol–water partition coefficient (Wildman–Crippen LogP) is 18.0. The zero-order valence-electron chi connectivity index (χ0n) is 44.3. The molecule has 1 amide bonds. The quantitative estimate of drug-likeness (QED) is 0.0321. The lowest BCUT2D eigenvalue weighted by Crippen LogP contribution is -2.46. The Morgan fingerprint density at radius 2 is 0.773 bits per heavy atom. The number of nitrogens with one attached hydrogen (secondary N) is 1. The van der Waals surface area contributed by atoms with Crippen LogP contribution in [0.1, 0.15) is 310 Å². The minimum absolute atomic E-state index is 0.0770. The molecule has 0 spiro atoms. The van der Waals surface area contributed by atoms with Gasteiger partial charge in [0.05, 0.1) is 25.2 Å². The van der Waals surface area contributed by atoms with Crippen LogP contribution >= 0.6 is 0 Å². The molecule has 0 fully saturated rings. The molecule has 0 aromatic rings. The summed E-state index contributed by atoms with van der Waals surface area (Å²) in [6, 6.07) is -0.701. The highest BCUT2D eigenvalue weighted by Crippen LogP contribution is 2.19. The van der Waals surface area contributed by atoms with Crippen LogP contribution in [-0.2, 0) is 14.3 Å². The smallest absolute Gasteiger partial charge is 0.306 e. The van der Waals surface area contributed by atoms with E-state index in [0.29, 0.717) is 19.3 Å². The van der Waals surface area contributed by atoms with E-state index in [1.807, 2.05) is 0 Å². The minimum atomic E-state index is -0.787. The average Bonchev–Trinajstić information content (AvgIpc) is 3.31. The average molecular weight is 929 g/mol. The van der Waals surface area contributed by atoms with Gasteiger partial charge in [-0.1, -0.05) is 269 Å². The Kier molecular flexibility index (Phi) is 52.5. The summed E-state index contributed by atoms with van der Waals surface area (Å²) in [6.45, 7) is 6.49. The molecule has 0 heterocycles. The number of carbonyl (C=O) groups is 2. The SMILES string of the molecule is CCCCC/C=C\C/C=C\C/C=C\CCCCCCCCC(=O)OC(CCCCCCCCCCCCCCCCC)CC(=O)NC(CO)C(O)CCCCCCCCCCCCCCC. The van der Waals surface area contributed by atoms with Crippen LogP contribution in [0, 0.1) is 0 Å². The molecule has 6 heteroatoms. The zero-order valence-corrected chi connectivity index (χ0v) is 44.3. The van der Waals surface area contributed by atoms with Crippen molar-refractivity contribution in [2.24, 2.45) is 0 Å². The van der Waals surface area contributed by atoms with Crippen LogP contribution in [0.4, 0.5) is 0 Å². The number of esters is 1. The molecule has 0 bridgehead atoms. The van der Waals surface area contributed by atoms with Crippen molar-refractivity contribution in [2.75, 3.05) is 6.61 Å². The first-order valence-electron chi connectivity index (χ1n) is 29.2. The molecule has 0 aromatic carbocycles. The number of hydrogen-bond acceptors (Lipinski definition) is 5. The Balaban J connectivity index is 4.54. The topological polar surface area (TPSA) is 95.9 Å². The summed E-state index contributed by atoms with van der Waals surface area (Å²) >= 11 is 0. The number of ether oxygens (including phenoxy) is 1. The highest BCUT2D eigenvalue weighted by atomic mass is 16.5. The summed E-state index contributed by atoms with van der Waals surface area (Å²) < 4.78 is 5.97. The summed E-state index contributed by atoms with van der Waals surface area (Å²) in [7, 11) is 0. The largest absolute Gasteiger partial charge is 0.462 e. The lowest BCUT2D eigenvalue weighted by molar-refractivity contribution is -0.151. The first kappa shape index (κ1) is 64.1. The normalized spacial score (nSPS) is 13.3. The fraction of sp³-hybridized carbons (Fsp3) is 0.867. The Bertz CT molecular complexity index is 1090. The molecule has 3 atom stereocenters. The zero-order chi connectivity index (χ0) is 48.1. The molecular weight excluding hydrogens is 815 g/mol. The van der Waals surface area contributed by atoms with Crippen LogP contribution in [0.15, 0.2) is 36.5 Å². The summed E-state index contributed by atoms with van der Waals surface area (Å²) in [5, 5.41) is 23.9. The molecular formula is C60H113NO5. The molecule has 0 rings (SSSR count). The van der Waals surface area contributed by atoms with Gasteiger partial charge in [0.25, 0.3) is 0 Å². The Morgan fingerprint density at radius 1 is 0.439 bits per heavy atom. The van der Waals surface area contributed by atoms with E-state index in [4.69, 9.17) is 4.74 Å². The molecule has 0 saturated carbocycles. The van der Waals surface area contributed by atoms with Gasteiger partial charge in [0.15, 0.2) is 0 Å². The van der Waals surface area contributed by atoms with Crippen molar-refractivity contribution in [3.05, 3.63) is 36.5 Å². The van der Waals surface area contributed by atoms with Crippen molar-refractivity contribution in [2.45, 2.75) is 328 Å². The molecule has 3 unspecified atom stereocenters. The maximum Gasteiger partial charge on any atom is 0.306 e. The van der Waals surface area contributed by atoms with Crippen molar-refractivity contribution >= 4 is 11.9 Å². The summed E-state index contributed by atoms with van der Waals surface area (Å²) in [5.41, 5.74) is 0. The number of unbranched alkanes of at least 4 members (excludes halogenated alkanes) is 35. The fourth-order valence-electron chi connectivity index (χ4n) is 9.03. The number of aliphatic hydroxyl groups excluding tert-OH is 2. The van der Waals surface area contributed by atoms with Crippen LogP contribution in [0.2, 0.25) is 0 Å². The van der Waals surface area contributed by atoms with Crippen LogP contribution in [0.25, 0.3) is 0 Å². The number of rotatable bonds is 53. The number of hydrogen-bond donors (Lipinski definition) is 3. The van der Waals surface area contributed by atoms with E-state index >= 15 is 0 Å². The van der Waals surface area contributed by atoms with Crippen LogP contribution in [0.5, 0.6) is 0 Å². The van der Waals surface area contributed by atoms with Crippen molar-refractivity contribution in [1.82, 2.24) is 5.32 Å². The third-order valence-electron chi connectivity index (χ3n) is 13.5. The summed E-state index contributed by atoms with van der Waals surface area (Å²) in [6.07, 6.45) is 64.9. The third kappa shape index (κ3) is 48.5. The highest BCUT2D eigenvalue weighted by Gasteiger charge is 2.24. The molecule has 0 aliphatic heterocycles.